The van der Waals surface area contributed by atoms with Gasteiger partial charge in [-0.15, -0.1) is 0 Å². The molecule has 3 aliphatic rings. The van der Waals surface area contributed by atoms with Crippen molar-refractivity contribution in [2.24, 2.45) is 0 Å². The monoisotopic (exact) mass is 506 g/mol. The average molecular weight is 507 g/mol. The van der Waals surface area contributed by atoms with E-state index in [9.17, 15) is 0 Å². The third kappa shape index (κ3) is 4.61. The number of benzene rings is 2. The Hall–Kier alpha value is -3.54. The zero-order valence-corrected chi connectivity index (χ0v) is 22.2. The van der Waals surface area contributed by atoms with Crippen LogP contribution in [-0.2, 0) is 0 Å². The number of hydrogen-bond acceptors (Lipinski definition) is 6. The third-order valence-electron chi connectivity index (χ3n) is 8.71. The number of anilines is 4. The number of fused-ring (bicyclic) bond motifs is 2. The van der Waals surface area contributed by atoms with E-state index in [-0.39, 0.29) is 0 Å². The molecule has 0 radical (unpaired) electrons. The molecule has 6 heteroatoms. The maximum Gasteiger partial charge on any atom is 0.129 e. The SMILES string of the molecule is c1ccc2c(N3CCCC3)cc(NC3CCCC[C@@H]3Nc3cc(N4CCCC4)c4ccccc4n3)nc2c1. The van der Waals surface area contributed by atoms with Crippen molar-refractivity contribution in [2.75, 3.05) is 46.6 Å². The first-order valence-electron chi connectivity index (χ1n) is 14.6. The summed E-state index contributed by atoms with van der Waals surface area (Å²) < 4.78 is 0. The second kappa shape index (κ2) is 10.3. The van der Waals surface area contributed by atoms with Crippen LogP contribution in [0.15, 0.2) is 60.7 Å². The zero-order chi connectivity index (χ0) is 25.3. The van der Waals surface area contributed by atoms with Crippen molar-refractivity contribution in [3.8, 4) is 0 Å². The molecule has 2 aromatic heterocycles. The number of hydrogen-bond donors (Lipinski definition) is 2. The van der Waals surface area contributed by atoms with E-state index in [0.717, 1.165) is 61.7 Å². The molecule has 6 nitrogen and oxygen atoms in total. The lowest BCUT2D eigenvalue weighted by atomic mass is 9.90. The zero-order valence-electron chi connectivity index (χ0n) is 22.2. The molecule has 38 heavy (non-hydrogen) atoms. The van der Waals surface area contributed by atoms with Gasteiger partial charge in [0.05, 0.1) is 11.0 Å². The van der Waals surface area contributed by atoms with Gasteiger partial charge in [0, 0.05) is 72.5 Å². The Morgan fingerprint density at radius 2 is 0.974 bits per heavy atom. The van der Waals surface area contributed by atoms with Gasteiger partial charge in [0.25, 0.3) is 0 Å². The van der Waals surface area contributed by atoms with Crippen LogP contribution in [0.25, 0.3) is 21.8 Å². The first-order valence-corrected chi connectivity index (χ1v) is 14.6. The highest BCUT2D eigenvalue weighted by atomic mass is 15.2. The van der Waals surface area contributed by atoms with Crippen LogP contribution in [0.5, 0.6) is 0 Å². The average Bonchev–Trinajstić information content (AvgIpc) is 3.69. The highest BCUT2D eigenvalue weighted by Crippen LogP contribution is 2.34. The highest BCUT2D eigenvalue weighted by molar-refractivity contribution is 5.94. The van der Waals surface area contributed by atoms with E-state index in [2.05, 4.69) is 81.1 Å². The van der Waals surface area contributed by atoms with Gasteiger partial charge in [-0.05, 0) is 50.7 Å². The van der Waals surface area contributed by atoms with Gasteiger partial charge in [0.15, 0.2) is 0 Å². The lowest BCUT2D eigenvalue weighted by molar-refractivity contribution is 0.422. The van der Waals surface area contributed by atoms with Crippen LogP contribution >= 0.6 is 0 Å². The molecule has 7 rings (SSSR count). The van der Waals surface area contributed by atoms with Gasteiger partial charge in [-0.1, -0.05) is 49.2 Å². The van der Waals surface area contributed by atoms with E-state index >= 15 is 0 Å². The molecule has 4 heterocycles. The summed E-state index contributed by atoms with van der Waals surface area (Å²) in [7, 11) is 0. The number of rotatable bonds is 6. The van der Waals surface area contributed by atoms with Crippen LogP contribution in [0, 0.1) is 0 Å². The lowest BCUT2D eigenvalue weighted by Gasteiger charge is -2.34. The minimum absolute atomic E-state index is 0.312. The number of para-hydroxylation sites is 2. The van der Waals surface area contributed by atoms with Crippen LogP contribution in [0.4, 0.5) is 23.0 Å². The van der Waals surface area contributed by atoms with Gasteiger partial charge in [-0.25, -0.2) is 9.97 Å². The molecule has 0 bridgehead atoms. The summed E-state index contributed by atoms with van der Waals surface area (Å²) in [6.07, 6.45) is 9.84. The van der Waals surface area contributed by atoms with E-state index < -0.39 is 0 Å². The molecule has 2 N–H and O–H groups in total. The molecule has 3 fully saturated rings. The van der Waals surface area contributed by atoms with Crippen molar-refractivity contribution in [2.45, 2.75) is 63.5 Å². The Kier molecular flexibility index (Phi) is 6.40. The number of aromatic nitrogens is 2. The van der Waals surface area contributed by atoms with Gasteiger partial charge in [0.1, 0.15) is 11.6 Å². The van der Waals surface area contributed by atoms with Crippen LogP contribution in [0.1, 0.15) is 51.4 Å². The number of nitrogens with zero attached hydrogens (tertiary/aromatic N) is 4. The van der Waals surface area contributed by atoms with Crippen molar-refractivity contribution in [3.05, 3.63) is 60.7 Å². The highest BCUT2D eigenvalue weighted by Gasteiger charge is 2.27. The van der Waals surface area contributed by atoms with Gasteiger partial charge < -0.3 is 20.4 Å². The molecule has 1 unspecified atom stereocenters. The van der Waals surface area contributed by atoms with E-state index in [1.54, 1.807) is 0 Å². The molecular formula is C32H38N6. The van der Waals surface area contributed by atoms with Crippen LogP contribution in [-0.4, -0.2) is 48.2 Å². The molecule has 2 atom stereocenters. The first-order chi connectivity index (χ1) is 18.8. The fraction of sp³-hybridized carbons (Fsp3) is 0.438. The predicted octanol–water partition coefficient (Wildman–Crippen LogP) is 6.82. The van der Waals surface area contributed by atoms with Crippen molar-refractivity contribution >= 4 is 44.8 Å². The van der Waals surface area contributed by atoms with E-state index in [1.807, 2.05) is 0 Å². The smallest absolute Gasteiger partial charge is 0.129 e. The van der Waals surface area contributed by atoms with Gasteiger partial charge in [-0.3, -0.25) is 0 Å². The molecule has 2 aliphatic heterocycles. The molecule has 0 spiro atoms. The second-order valence-electron chi connectivity index (χ2n) is 11.3. The minimum atomic E-state index is 0.312. The summed E-state index contributed by atoms with van der Waals surface area (Å²) in [6.45, 7) is 4.53. The summed E-state index contributed by atoms with van der Waals surface area (Å²) in [4.78, 5) is 15.2. The number of nitrogens with one attached hydrogen (secondary N) is 2. The second-order valence-corrected chi connectivity index (χ2v) is 11.3. The predicted molar refractivity (Wildman–Crippen MR) is 160 cm³/mol. The van der Waals surface area contributed by atoms with Crippen molar-refractivity contribution in [3.63, 3.8) is 0 Å². The summed E-state index contributed by atoms with van der Waals surface area (Å²) in [5.41, 5.74) is 4.79. The Labute approximate surface area is 225 Å². The van der Waals surface area contributed by atoms with Crippen LogP contribution in [0.3, 0.4) is 0 Å². The van der Waals surface area contributed by atoms with Gasteiger partial charge >= 0.3 is 0 Å². The van der Waals surface area contributed by atoms with E-state index in [0.29, 0.717) is 12.1 Å². The first kappa shape index (κ1) is 23.6. The topological polar surface area (TPSA) is 56.3 Å². The Balaban J connectivity index is 1.18. The molecule has 4 aromatic rings. The molecule has 0 amide bonds. The molecule has 2 aromatic carbocycles. The molecule has 1 aliphatic carbocycles. The lowest BCUT2D eigenvalue weighted by Crippen LogP contribution is -2.42. The maximum atomic E-state index is 5.06. The Morgan fingerprint density at radius 3 is 1.42 bits per heavy atom. The Morgan fingerprint density at radius 1 is 0.553 bits per heavy atom. The summed E-state index contributed by atoms with van der Waals surface area (Å²) in [5.74, 6) is 1.99. The molecule has 196 valence electrons. The normalized spacial score (nSPS) is 21.9. The van der Waals surface area contributed by atoms with E-state index in [1.165, 1.54) is 60.7 Å². The largest absolute Gasteiger partial charge is 0.371 e. The van der Waals surface area contributed by atoms with E-state index in [4.69, 9.17) is 9.97 Å². The quantitative estimate of drug-likeness (QED) is 0.299. The fourth-order valence-electron chi connectivity index (χ4n) is 6.76. The van der Waals surface area contributed by atoms with Crippen LogP contribution < -0.4 is 20.4 Å². The third-order valence-corrected chi connectivity index (χ3v) is 8.71. The number of pyridine rings is 2. The maximum absolute atomic E-state index is 5.06. The van der Waals surface area contributed by atoms with Crippen molar-refractivity contribution in [1.29, 1.82) is 0 Å². The summed E-state index contributed by atoms with van der Waals surface area (Å²) >= 11 is 0. The molecular weight excluding hydrogens is 468 g/mol. The van der Waals surface area contributed by atoms with Crippen LogP contribution in [0.2, 0.25) is 0 Å². The van der Waals surface area contributed by atoms with Crippen molar-refractivity contribution in [1.82, 2.24) is 9.97 Å². The molecule has 1 saturated carbocycles. The van der Waals surface area contributed by atoms with Gasteiger partial charge in [-0.2, -0.15) is 0 Å². The van der Waals surface area contributed by atoms with Gasteiger partial charge in [0.2, 0.25) is 0 Å². The summed E-state index contributed by atoms with van der Waals surface area (Å²) in [5, 5.41) is 10.3. The standard InChI is InChI=1S/C32H38N6/c1-3-13-25-23(11-1)29(37-17-7-8-18-37)21-31(33-25)35-27-15-5-6-16-28(27)36-32-22-30(38-19-9-10-20-38)24-12-2-4-14-26(24)34-32/h1-4,11-14,21-22,27-28H,5-10,15-20H2,(H,33,35)(H,34,36)/t27-,28?/m0/s1. The summed E-state index contributed by atoms with van der Waals surface area (Å²) in [6, 6.07) is 22.4. The molecule has 2 saturated heterocycles. The Bertz CT molecular complexity index is 1310. The minimum Gasteiger partial charge on any atom is -0.371 e. The fourth-order valence-corrected chi connectivity index (χ4v) is 6.76. The van der Waals surface area contributed by atoms with Crippen molar-refractivity contribution < 1.29 is 0 Å².